The van der Waals surface area contributed by atoms with Crippen LogP contribution in [-0.2, 0) is 14.4 Å². The number of hydrogen-bond acceptors (Lipinski definition) is 3. The van der Waals surface area contributed by atoms with Crippen LogP contribution in [0, 0.1) is 19.3 Å². The fraction of sp³-hybridized carbons (Fsp3) is 0.545. The van der Waals surface area contributed by atoms with Crippen molar-refractivity contribution in [3.63, 3.8) is 0 Å². The van der Waals surface area contributed by atoms with E-state index < -0.39 is 18.3 Å². The highest BCUT2D eigenvalue weighted by molar-refractivity contribution is 7.89. The van der Waals surface area contributed by atoms with E-state index in [0.717, 1.165) is 12.0 Å². The predicted molar refractivity (Wildman–Crippen MR) is 118 cm³/mol. The minimum atomic E-state index is -3.65. The van der Waals surface area contributed by atoms with E-state index in [-0.39, 0.29) is 28.6 Å². The molecule has 6 heteroatoms. The zero-order valence-electron chi connectivity index (χ0n) is 17.9. The second kappa shape index (κ2) is 8.54. The zero-order valence-corrected chi connectivity index (χ0v) is 19.7. The van der Waals surface area contributed by atoms with Gasteiger partial charge in [0.2, 0.25) is 10.0 Å². The van der Waals surface area contributed by atoms with Crippen LogP contribution in [0.3, 0.4) is 0 Å². The van der Waals surface area contributed by atoms with Crippen molar-refractivity contribution in [1.82, 2.24) is 4.31 Å². The quantitative estimate of drug-likeness (QED) is 0.380. The van der Waals surface area contributed by atoms with Crippen molar-refractivity contribution in [1.29, 1.82) is 0 Å². The van der Waals surface area contributed by atoms with E-state index in [9.17, 15) is 8.42 Å². The summed E-state index contributed by atoms with van der Waals surface area (Å²) in [6.45, 7) is 13.1. The number of sulfonamides is 1. The molecule has 0 aliphatic heterocycles. The monoisotopic (exact) mass is 419 g/mol. The number of aryl methyl sites for hydroxylation is 1. The summed E-state index contributed by atoms with van der Waals surface area (Å²) < 4.78 is 34.2. The van der Waals surface area contributed by atoms with Crippen LogP contribution >= 0.6 is 0 Å². The van der Waals surface area contributed by atoms with E-state index in [1.165, 1.54) is 4.31 Å². The average Bonchev–Trinajstić information content (AvgIpc) is 2.59. The summed E-state index contributed by atoms with van der Waals surface area (Å²) in [5, 5.41) is 0.141. The molecule has 0 saturated carbocycles. The van der Waals surface area contributed by atoms with Crippen molar-refractivity contribution < 1.29 is 12.8 Å². The van der Waals surface area contributed by atoms with Gasteiger partial charge in [0.25, 0.3) is 0 Å². The van der Waals surface area contributed by atoms with Gasteiger partial charge in [-0.1, -0.05) is 56.5 Å². The molecule has 0 spiro atoms. The molecule has 154 valence electrons. The zero-order chi connectivity index (χ0) is 21.2. The maximum absolute atomic E-state index is 13.1. The van der Waals surface area contributed by atoms with Crippen LogP contribution in [0.2, 0.25) is 18.1 Å². The maximum Gasteiger partial charge on any atom is 0.244 e. The summed E-state index contributed by atoms with van der Waals surface area (Å²) in [4.78, 5) is 0.279. The Bertz CT molecular complexity index is 845. The van der Waals surface area contributed by atoms with E-state index in [1.807, 2.05) is 19.1 Å². The molecule has 2 atom stereocenters. The van der Waals surface area contributed by atoms with Gasteiger partial charge in [-0.05, 0) is 50.0 Å². The second-order valence-electron chi connectivity index (χ2n) is 9.01. The molecule has 0 radical (unpaired) electrons. The van der Waals surface area contributed by atoms with Gasteiger partial charge in [0.15, 0.2) is 8.32 Å². The molecule has 0 saturated heterocycles. The van der Waals surface area contributed by atoms with Crippen LogP contribution in [0.4, 0.5) is 0 Å². The van der Waals surface area contributed by atoms with E-state index in [1.54, 1.807) is 24.3 Å². The molecule has 28 heavy (non-hydrogen) atoms. The smallest absolute Gasteiger partial charge is 0.244 e. The van der Waals surface area contributed by atoms with Crippen LogP contribution in [0.25, 0.3) is 0 Å². The molecule has 0 unspecified atom stereocenters. The van der Waals surface area contributed by atoms with Crippen molar-refractivity contribution in [2.24, 2.45) is 0 Å². The largest absolute Gasteiger partial charge is 0.411 e. The standard InChI is InChI=1S/C22H33NO3SSi/c1-8-17-23(27(24,25)21-15-9-18(2)10-16-21)19-11-13-20(14-12-19)26-28(6,7)22(3,4)5/h1,9-11,13,15-16,19-20H,12,14,17H2,2-7H3/t19-,20-/m0/s1. The molecular weight excluding hydrogens is 386 g/mol. The summed E-state index contributed by atoms with van der Waals surface area (Å²) in [6.07, 6.45) is 11.0. The SMILES string of the molecule is C#CCN([C@H]1C=C[C@H](O[Si](C)(C)C(C)(C)C)CC1)S(=O)(=O)c1ccc(C)cc1. The molecule has 0 heterocycles. The highest BCUT2D eigenvalue weighted by Gasteiger charge is 2.40. The third-order valence-electron chi connectivity index (χ3n) is 5.79. The van der Waals surface area contributed by atoms with Crippen LogP contribution < -0.4 is 0 Å². The van der Waals surface area contributed by atoms with Gasteiger partial charge in [0.1, 0.15) is 0 Å². The molecule has 1 aliphatic rings. The molecule has 2 rings (SSSR count). The molecule has 1 aromatic carbocycles. The molecule has 0 amide bonds. The molecule has 4 nitrogen and oxygen atoms in total. The van der Waals surface area contributed by atoms with Gasteiger partial charge < -0.3 is 4.43 Å². The lowest BCUT2D eigenvalue weighted by Crippen LogP contribution is -2.46. The molecule has 1 aromatic rings. The first-order valence-corrected chi connectivity index (χ1v) is 14.1. The maximum atomic E-state index is 13.1. The molecular formula is C22H33NO3SSi. The number of terminal acetylenes is 1. The van der Waals surface area contributed by atoms with E-state index in [0.29, 0.717) is 6.42 Å². The Balaban J connectivity index is 2.20. The summed E-state index contributed by atoms with van der Waals surface area (Å²) in [7, 11) is -5.51. The Labute approximate surface area is 172 Å². The highest BCUT2D eigenvalue weighted by atomic mass is 32.2. The number of hydrogen-bond donors (Lipinski definition) is 0. The lowest BCUT2D eigenvalue weighted by molar-refractivity contribution is 0.193. The highest BCUT2D eigenvalue weighted by Crippen LogP contribution is 2.38. The Morgan fingerprint density at radius 1 is 1.18 bits per heavy atom. The normalized spacial score (nSPS) is 20.9. The Kier molecular flexibility index (Phi) is 6.98. The van der Waals surface area contributed by atoms with Gasteiger partial charge in [-0.15, -0.1) is 6.42 Å². The summed E-state index contributed by atoms with van der Waals surface area (Å²) in [5.74, 6) is 2.51. The Morgan fingerprint density at radius 3 is 2.25 bits per heavy atom. The van der Waals surface area contributed by atoms with Crippen molar-refractivity contribution in [2.45, 2.75) is 75.7 Å². The minimum absolute atomic E-state index is 0.0342. The third-order valence-corrected chi connectivity index (χ3v) is 12.2. The number of rotatable bonds is 6. The molecule has 1 aliphatic carbocycles. The second-order valence-corrected chi connectivity index (χ2v) is 15.7. The van der Waals surface area contributed by atoms with E-state index >= 15 is 0 Å². The molecule has 0 fully saturated rings. The van der Waals surface area contributed by atoms with Crippen molar-refractivity contribution in [3.05, 3.63) is 42.0 Å². The first kappa shape index (κ1) is 22.9. The Morgan fingerprint density at radius 2 is 1.79 bits per heavy atom. The number of benzene rings is 1. The summed E-state index contributed by atoms with van der Waals surface area (Å²) in [6, 6.07) is 6.65. The van der Waals surface area contributed by atoms with Gasteiger partial charge in [0, 0.05) is 6.04 Å². The Hall–Kier alpha value is -1.39. The van der Waals surface area contributed by atoms with Gasteiger partial charge in [-0.3, -0.25) is 0 Å². The topological polar surface area (TPSA) is 46.6 Å². The van der Waals surface area contributed by atoms with Gasteiger partial charge >= 0.3 is 0 Å². The van der Waals surface area contributed by atoms with Crippen molar-refractivity contribution >= 4 is 18.3 Å². The van der Waals surface area contributed by atoms with Crippen LogP contribution in [-0.4, -0.2) is 39.7 Å². The lowest BCUT2D eigenvalue weighted by Gasteiger charge is -2.40. The van der Waals surface area contributed by atoms with Crippen LogP contribution in [0.1, 0.15) is 39.2 Å². The van der Waals surface area contributed by atoms with Gasteiger partial charge in [-0.2, -0.15) is 4.31 Å². The lowest BCUT2D eigenvalue weighted by atomic mass is 10.0. The average molecular weight is 420 g/mol. The summed E-state index contributed by atoms with van der Waals surface area (Å²) in [5.41, 5.74) is 1.02. The summed E-state index contributed by atoms with van der Waals surface area (Å²) >= 11 is 0. The minimum Gasteiger partial charge on any atom is -0.411 e. The van der Waals surface area contributed by atoms with Crippen molar-refractivity contribution in [2.75, 3.05) is 6.54 Å². The molecule has 0 bridgehead atoms. The predicted octanol–water partition coefficient (Wildman–Crippen LogP) is 4.73. The van der Waals surface area contributed by atoms with E-state index in [4.69, 9.17) is 10.8 Å². The van der Waals surface area contributed by atoms with E-state index in [2.05, 4.69) is 39.8 Å². The van der Waals surface area contributed by atoms with Crippen LogP contribution in [0.5, 0.6) is 0 Å². The van der Waals surface area contributed by atoms with Crippen molar-refractivity contribution in [3.8, 4) is 12.3 Å². The molecule has 0 N–H and O–H groups in total. The third kappa shape index (κ3) is 5.15. The van der Waals surface area contributed by atoms with Gasteiger partial charge in [-0.25, -0.2) is 8.42 Å². The first-order chi connectivity index (χ1) is 12.9. The fourth-order valence-electron chi connectivity index (χ4n) is 2.99. The molecule has 0 aromatic heterocycles. The fourth-order valence-corrected chi connectivity index (χ4v) is 5.82. The first-order valence-electron chi connectivity index (χ1n) is 9.76. The van der Waals surface area contributed by atoms with Gasteiger partial charge in [0.05, 0.1) is 17.5 Å². The van der Waals surface area contributed by atoms with Crippen LogP contribution in [0.15, 0.2) is 41.3 Å². The number of nitrogens with zero attached hydrogens (tertiary/aromatic N) is 1.